The molecule has 0 atom stereocenters. The number of fused-ring (bicyclic) bond motifs is 1. The van der Waals surface area contributed by atoms with Gasteiger partial charge in [-0.05, 0) is 55.3 Å². The van der Waals surface area contributed by atoms with Crippen molar-refractivity contribution >= 4 is 58.8 Å². The van der Waals surface area contributed by atoms with Gasteiger partial charge in [-0.2, -0.15) is 0 Å². The van der Waals surface area contributed by atoms with E-state index in [4.69, 9.17) is 11.6 Å². The van der Waals surface area contributed by atoms with Crippen LogP contribution in [0.4, 0.5) is 5.69 Å². The number of halogens is 2. The van der Waals surface area contributed by atoms with Gasteiger partial charge in [0.1, 0.15) is 5.69 Å². The van der Waals surface area contributed by atoms with Gasteiger partial charge in [-0.3, -0.25) is 14.5 Å². The normalized spacial score (nSPS) is 13.0. The van der Waals surface area contributed by atoms with E-state index in [0.717, 1.165) is 42.1 Å². The van der Waals surface area contributed by atoms with Crippen molar-refractivity contribution in [1.29, 1.82) is 0 Å². The first-order chi connectivity index (χ1) is 16.7. The molecule has 0 radical (unpaired) electrons. The van der Waals surface area contributed by atoms with Crippen molar-refractivity contribution in [2.24, 2.45) is 0 Å². The average Bonchev–Trinajstić information content (AvgIpc) is 3.28. The highest BCUT2D eigenvalue weighted by Crippen LogP contribution is 2.24. The van der Waals surface area contributed by atoms with E-state index in [1.165, 1.54) is 12.1 Å². The predicted molar refractivity (Wildman–Crippen MR) is 143 cm³/mol. The average molecular weight is 549 g/mol. The summed E-state index contributed by atoms with van der Waals surface area (Å²) < 4.78 is 0.503. The molecule has 0 aliphatic carbocycles. The second-order valence-electron chi connectivity index (χ2n) is 8.53. The zero-order valence-electron chi connectivity index (χ0n) is 19.7. The molecule has 3 heterocycles. The molecule has 3 N–H and O–H groups in total. The first-order valence-electron chi connectivity index (χ1n) is 11.1. The molecule has 0 saturated carbocycles. The number of nitrogens with zero attached hydrogens (tertiary/aromatic N) is 2. The highest BCUT2D eigenvalue weighted by atomic mass is 35.5. The number of aromatic nitrogens is 1. The summed E-state index contributed by atoms with van der Waals surface area (Å²) >= 11 is 7.06. The maximum absolute atomic E-state index is 13.0. The van der Waals surface area contributed by atoms with Gasteiger partial charge < -0.3 is 15.7 Å². The largest absolute Gasteiger partial charge is 0.478 e. The summed E-state index contributed by atoms with van der Waals surface area (Å²) in [6.45, 7) is 6.07. The van der Waals surface area contributed by atoms with Crippen LogP contribution >= 0.6 is 35.3 Å². The van der Waals surface area contributed by atoms with Crippen LogP contribution in [0.15, 0.2) is 42.5 Å². The number of thiophene rings is 1. The summed E-state index contributed by atoms with van der Waals surface area (Å²) in [5.41, 5.74) is 3.13. The maximum Gasteiger partial charge on any atom is 0.335 e. The molecule has 0 spiro atoms. The van der Waals surface area contributed by atoms with Crippen LogP contribution in [0.3, 0.4) is 0 Å². The van der Waals surface area contributed by atoms with Crippen molar-refractivity contribution in [1.82, 2.24) is 15.2 Å². The monoisotopic (exact) mass is 548 g/mol. The number of carboxylic acid groups (broad SMARTS) is 1. The lowest BCUT2D eigenvalue weighted by Crippen LogP contribution is -2.36. The topological polar surface area (TPSA) is 112 Å². The van der Waals surface area contributed by atoms with Crippen LogP contribution in [0.2, 0.25) is 4.34 Å². The number of nitrogens with one attached hydrogen (secondary N) is 2. The molecule has 0 bridgehead atoms. The van der Waals surface area contributed by atoms with Gasteiger partial charge in [-0.1, -0.05) is 23.7 Å². The number of pyridine rings is 1. The number of rotatable bonds is 7. The summed E-state index contributed by atoms with van der Waals surface area (Å²) in [5, 5.41) is 15.0. The second-order valence-corrected chi connectivity index (χ2v) is 10.2. The van der Waals surface area contributed by atoms with E-state index < -0.39 is 11.9 Å². The number of amides is 2. The Kier molecular flexibility index (Phi) is 9.08. The number of hydrogen-bond donors (Lipinski definition) is 3. The number of carbonyl (C=O) groups excluding carboxylic acids is 2. The molecule has 0 saturated heterocycles. The Labute approximate surface area is 224 Å². The molecule has 11 heteroatoms. The van der Waals surface area contributed by atoms with Crippen molar-refractivity contribution in [3.05, 3.63) is 79.8 Å². The molecule has 2 aromatic heterocycles. The van der Waals surface area contributed by atoms with Gasteiger partial charge >= 0.3 is 5.97 Å². The standard InChI is InChI=1S/C25H25ClN4O4S.ClH/c1-14(2)30-10-9-18-17(13-30)5-6-19(28-18)23(31)29-20-11-15(25(33)34)3-4-16(20)12-27-24(32)21-7-8-22(26)35-21;/h3-8,11,14H,9-10,12-13H2,1-2H3,(H,27,32)(H,29,31)(H,33,34);1H. The van der Waals surface area contributed by atoms with Crippen molar-refractivity contribution < 1.29 is 19.5 Å². The molecular weight excluding hydrogens is 523 g/mol. The molecule has 190 valence electrons. The Bertz CT molecular complexity index is 1290. The van der Waals surface area contributed by atoms with Crippen LogP contribution in [0.1, 0.15) is 61.2 Å². The number of carboxylic acids is 1. The Morgan fingerprint density at radius 3 is 2.58 bits per heavy atom. The molecule has 36 heavy (non-hydrogen) atoms. The van der Waals surface area contributed by atoms with Crippen LogP contribution in [0, 0.1) is 0 Å². The van der Waals surface area contributed by atoms with Gasteiger partial charge in [-0.25, -0.2) is 9.78 Å². The van der Waals surface area contributed by atoms with Crippen molar-refractivity contribution in [2.45, 2.75) is 39.4 Å². The summed E-state index contributed by atoms with van der Waals surface area (Å²) in [5.74, 6) is -1.88. The third-order valence-electron chi connectivity index (χ3n) is 5.88. The first kappa shape index (κ1) is 27.6. The van der Waals surface area contributed by atoms with Gasteiger partial charge in [0.15, 0.2) is 0 Å². The molecular formula is C25H26Cl2N4O4S. The van der Waals surface area contributed by atoms with Gasteiger partial charge in [0.25, 0.3) is 11.8 Å². The van der Waals surface area contributed by atoms with Crippen molar-refractivity contribution in [3.63, 3.8) is 0 Å². The van der Waals surface area contributed by atoms with Crippen LogP contribution < -0.4 is 10.6 Å². The molecule has 1 aliphatic rings. The zero-order chi connectivity index (χ0) is 25.1. The fourth-order valence-corrected chi connectivity index (χ4v) is 4.83. The van der Waals surface area contributed by atoms with E-state index in [2.05, 4.69) is 34.4 Å². The Morgan fingerprint density at radius 2 is 1.92 bits per heavy atom. The number of aromatic carboxylic acids is 1. The number of hydrogen-bond acceptors (Lipinski definition) is 6. The van der Waals surface area contributed by atoms with Gasteiger partial charge in [0.2, 0.25) is 0 Å². The summed E-state index contributed by atoms with van der Waals surface area (Å²) in [6, 6.07) is 11.7. The molecule has 1 aromatic carbocycles. The minimum Gasteiger partial charge on any atom is -0.478 e. The summed E-state index contributed by atoms with van der Waals surface area (Å²) in [7, 11) is 0. The minimum absolute atomic E-state index is 0. The Hall–Kier alpha value is -2.98. The van der Waals surface area contributed by atoms with Crippen LogP contribution in [0.25, 0.3) is 0 Å². The third kappa shape index (κ3) is 6.41. The highest BCUT2D eigenvalue weighted by molar-refractivity contribution is 7.18. The van der Waals surface area contributed by atoms with E-state index in [1.54, 1.807) is 24.3 Å². The zero-order valence-corrected chi connectivity index (χ0v) is 22.1. The maximum atomic E-state index is 13.0. The van der Waals surface area contributed by atoms with Gasteiger partial charge in [0, 0.05) is 43.5 Å². The lowest BCUT2D eigenvalue weighted by molar-refractivity contribution is 0.0696. The fraction of sp³-hybridized carbons (Fsp3) is 0.280. The minimum atomic E-state index is -1.12. The molecule has 3 aromatic rings. The second kappa shape index (κ2) is 11.8. The SMILES string of the molecule is CC(C)N1CCc2nc(C(=O)Nc3cc(C(=O)O)ccc3CNC(=O)c3ccc(Cl)s3)ccc2C1.Cl. The summed E-state index contributed by atoms with van der Waals surface area (Å²) in [6.07, 6.45) is 0.757. The number of anilines is 1. The quantitative estimate of drug-likeness (QED) is 0.388. The Balaban J connectivity index is 0.00000361. The number of benzene rings is 1. The van der Waals surface area contributed by atoms with E-state index in [9.17, 15) is 19.5 Å². The van der Waals surface area contributed by atoms with Crippen LogP contribution in [0.5, 0.6) is 0 Å². The Morgan fingerprint density at radius 1 is 1.14 bits per heavy atom. The highest BCUT2D eigenvalue weighted by Gasteiger charge is 2.21. The van der Waals surface area contributed by atoms with E-state index in [1.807, 2.05) is 6.07 Å². The predicted octanol–water partition coefficient (Wildman–Crippen LogP) is 4.87. The smallest absolute Gasteiger partial charge is 0.335 e. The van der Waals surface area contributed by atoms with E-state index in [-0.39, 0.29) is 36.1 Å². The molecule has 0 fully saturated rings. The lowest BCUT2D eigenvalue weighted by Gasteiger charge is -2.31. The summed E-state index contributed by atoms with van der Waals surface area (Å²) in [4.78, 5) is 44.3. The van der Waals surface area contributed by atoms with Crippen LogP contribution in [-0.4, -0.2) is 45.4 Å². The van der Waals surface area contributed by atoms with Crippen molar-refractivity contribution in [2.75, 3.05) is 11.9 Å². The fourth-order valence-electron chi connectivity index (χ4n) is 3.87. The van der Waals surface area contributed by atoms with Gasteiger partial charge in [0.05, 0.1) is 14.8 Å². The molecule has 0 unspecified atom stereocenters. The van der Waals surface area contributed by atoms with E-state index in [0.29, 0.717) is 26.5 Å². The number of carbonyl (C=O) groups is 3. The first-order valence-corrected chi connectivity index (χ1v) is 12.3. The van der Waals surface area contributed by atoms with Crippen molar-refractivity contribution in [3.8, 4) is 0 Å². The van der Waals surface area contributed by atoms with Crippen LogP contribution in [-0.2, 0) is 19.5 Å². The molecule has 8 nitrogen and oxygen atoms in total. The molecule has 2 amide bonds. The van der Waals surface area contributed by atoms with E-state index >= 15 is 0 Å². The molecule has 4 rings (SSSR count). The third-order valence-corrected chi connectivity index (χ3v) is 7.11. The lowest BCUT2D eigenvalue weighted by atomic mass is 10.0. The molecule has 1 aliphatic heterocycles. The van der Waals surface area contributed by atoms with Gasteiger partial charge in [-0.15, -0.1) is 23.7 Å².